The van der Waals surface area contributed by atoms with Gasteiger partial charge < -0.3 is 0 Å². The molecule has 0 bridgehead atoms. The van der Waals surface area contributed by atoms with Gasteiger partial charge in [-0.05, 0) is 17.8 Å². The highest BCUT2D eigenvalue weighted by Gasteiger charge is 2.20. The smallest absolute Gasteiger partial charge is 0.258 e. The first-order chi connectivity index (χ1) is 6.52. The van der Waals surface area contributed by atoms with Crippen molar-refractivity contribution in [2.24, 2.45) is 0 Å². The lowest BCUT2D eigenvalue weighted by atomic mass is 10.3. The summed E-state index contributed by atoms with van der Waals surface area (Å²) in [7, 11) is 0. The van der Waals surface area contributed by atoms with Crippen LogP contribution in [0, 0.1) is 10.1 Å². The number of nitrogens with zero attached hydrogens (tertiary/aromatic N) is 1. The fourth-order valence-corrected chi connectivity index (χ4v) is 1.77. The normalized spacial score (nSPS) is 10.6. The summed E-state index contributed by atoms with van der Waals surface area (Å²) >= 11 is 5.63. The third kappa shape index (κ3) is 2.55. The lowest BCUT2D eigenvalue weighted by Crippen LogP contribution is -1.93. The first kappa shape index (κ1) is 11.2. The summed E-state index contributed by atoms with van der Waals surface area (Å²) in [6, 6.07) is 3.81. The van der Waals surface area contributed by atoms with Gasteiger partial charge in [-0.15, -0.1) is 0 Å². The first-order valence-corrected chi connectivity index (χ1v) is 4.66. The molecule has 0 aliphatic carbocycles. The van der Waals surface area contributed by atoms with Gasteiger partial charge in [-0.25, -0.2) is 0 Å². The van der Waals surface area contributed by atoms with E-state index in [0.717, 1.165) is 6.07 Å². The number of alkyl halides is 2. The lowest BCUT2D eigenvalue weighted by Gasteiger charge is -2.03. The number of hydrogen-bond acceptors (Lipinski definition) is 3. The second-order valence-electron chi connectivity index (χ2n) is 2.22. The minimum Gasteiger partial charge on any atom is -0.258 e. The fraction of sp³-hybridized carbons (Fsp3) is 0.143. The third-order valence-electron chi connectivity index (χ3n) is 1.35. The van der Waals surface area contributed by atoms with Crippen molar-refractivity contribution in [3.8, 4) is 0 Å². The minimum atomic E-state index is -2.73. The van der Waals surface area contributed by atoms with Crippen LogP contribution in [0.4, 0.5) is 14.5 Å². The zero-order valence-corrected chi connectivity index (χ0v) is 8.19. The predicted octanol–water partition coefficient (Wildman–Crippen LogP) is 3.56. The van der Waals surface area contributed by atoms with E-state index in [-0.39, 0.29) is 21.7 Å². The summed E-state index contributed by atoms with van der Waals surface area (Å²) < 4.78 is 24.1. The van der Waals surface area contributed by atoms with Crippen LogP contribution in [0.1, 0.15) is 0 Å². The van der Waals surface area contributed by atoms with Gasteiger partial charge in [0.1, 0.15) is 4.90 Å². The van der Waals surface area contributed by atoms with Crippen LogP contribution >= 0.6 is 23.4 Å². The molecule has 0 unspecified atom stereocenters. The van der Waals surface area contributed by atoms with Crippen LogP contribution in [0.25, 0.3) is 0 Å². The molecule has 14 heavy (non-hydrogen) atoms. The van der Waals surface area contributed by atoms with Crippen molar-refractivity contribution in [1.29, 1.82) is 0 Å². The number of benzene rings is 1. The number of rotatable bonds is 3. The Hall–Kier alpha value is -0.880. The van der Waals surface area contributed by atoms with Gasteiger partial charge in [-0.2, -0.15) is 8.78 Å². The second-order valence-corrected chi connectivity index (χ2v) is 3.63. The maximum atomic E-state index is 12.0. The Morgan fingerprint density at radius 2 is 2.14 bits per heavy atom. The maximum absolute atomic E-state index is 12.0. The molecule has 76 valence electrons. The highest BCUT2D eigenvalue weighted by atomic mass is 35.5. The highest BCUT2D eigenvalue weighted by Crippen LogP contribution is 2.38. The van der Waals surface area contributed by atoms with E-state index < -0.39 is 16.4 Å². The van der Waals surface area contributed by atoms with Crippen molar-refractivity contribution in [1.82, 2.24) is 0 Å². The number of nitro benzene ring substituents is 1. The van der Waals surface area contributed by atoms with Gasteiger partial charge in [-0.1, -0.05) is 17.7 Å². The molecule has 7 heteroatoms. The predicted molar refractivity (Wildman–Crippen MR) is 50.0 cm³/mol. The summed E-state index contributed by atoms with van der Waals surface area (Å²) in [5.41, 5.74) is -0.400. The summed E-state index contributed by atoms with van der Waals surface area (Å²) in [4.78, 5) is 9.50. The molecular formula is C7H4ClF2NO2S. The Bertz CT molecular complexity index is 362. The monoisotopic (exact) mass is 239 g/mol. The standard InChI is InChI=1S/C7H4ClF2NO2S/c8-4-2-1-3-5(11(12)13)6(4)14-7(9)10/h1-3,7H. The molecule has 0 saturated heterocycles. The third-order valence-corrected chi connectivity index (χ3v) is 2.62. The highest BCUT2D eigenvalue weighted by molar-refractivity contribution is 7.99. The van der Waals surface area contributed by atoms with Gasteiger partial charge >= 0.3 is 0 Å². The molecule has 1 aromatic rings. The van der Waals surface area contributed by atoms with E-state index in [1.54, 1.807) is 0 Å². The van der Waals surface area contributed by atoms with Gasteiger partial charge in [0.2, 0.25) is 0 Å². The van der Waals surface area contributed by atoms with E-state index in [1.807, 2.05) is 0 Å². The maximum Gasteiger partial charge on any atom is 0.289 e. The average molecular weight is 240 g/mol. The van der Waals surface area contributed by atoms with Crippen LogP contribution in [0.3, 0.4) is 0 Å². The Balaban J connectivity index is 3.15. The molecule has 0 aliphatic heterocycles. The number of hydrogen-bond donors (Lipinski definition) is 0. The van der Waals surface area contributed by atoms with Crippen molar-refractivity contribution < 1.29 is 13.7 Å². The number of thioether (sulfide) groups is 1. The molecular weight excluding hydrogens is 236 g/mol. The average Bonchev–Trinajstić information content (AvgIpc) is 2.07. The van der Waals surface area contributed by atoms with E-state index in [9.17, 15) is 18.9 Å². The van der Waals surface area contributed by atoms with Gasteiger partial charge in [0.05, 0.1) is 9.95 Å². The lowest BCUT2D eigenvalue weighted by molar-refractivity contribution is -0.387. The Morgan fingerprint density at radius 3 is 2.64 bits per heavy atom. The molecule has 1 aromatic carbocycles. The topological polar surface area (TPSA) is 43.1 Å². The van der Waals surface area contributed by atoms with Crippen molar-refractivity contribution in [3.63, 3.8) is 0 Å². The first-order valence-electron chi connectivity index (χ1n) is 3.40. The summed E-state index contributed by atoms with van der Waals surface area (Å²) in [6.45, 7) is 0. The molecule has 0 atom stereocenters. The van der Waals surface area contributed by atoms with E-state index in [0.29, 0.717) is 0 Å². The number of halogens is 3. The van der Waals surface area contributed by atoms with Crippen LogP contribution in [0.2, 0.25) is 5.02 Å². The molecule has 0 radical (unpaired) electrons. The van der Waals surface area contributed by atoms with Crippen LogP contribution in [-0.4, -0.2) is 10.7 Å². The van der Waals surface area contributed by atoms with Crippen molar-refractivity contribution in [2.75, 3.05) is 0 Å². The van der Waals surface area contributed by atoms with E-state index in [1.165, 1.54) is 12.1 Å². The Kier molecular flexibility index (Phi) is 3.65. The van der Waals surface area contributed by atoms with E-state index in [2.05, 4.69) is 0 Å². The minimum absolute atomic E-state index is 0.0375. The van der Waals surface area contributed by atoms with Crippen LogP contribution < -0.4 is 0 Å². The van der Waals surface area contributed by atoms with Crippen LogP contribution in [0.5, 0.6) is 0 Å². The summed E-state index contributed by atoms with van der Waals surface area (Å²) in [5, 5.41) is 10.4. The Morgan fingerprint density at radius 1 is 1.50 bits per heavy atom. The van der Waals surface area contributed by atoms with Gasteiger partial charge in [0.25, 0.3) is 11.4 Å². The molecule has 0 saturated carbocycles. The molecule has 0 N–H and O–H groups in total. The van der Waals surface area contributed by atoms with Crippen LogP contribution in [-0.2, 0) is 0 Å². The van der Waals surface area contributed by atoms with Gasteiger partial charge in [0, 0.05) is 6.07 Å². The molecule has 0 aromatic heterocycles. The van der Waals surface area contributed by atoms with E-state index >= 15 is 0 Å². The Labute approximate surface area is 87.2 Å². The molecule has 0 spiro atoms. The van der Waals surface area contributed by atoms with E-state index in [4.69, 9.17) is 11.6 Å². The molecule has 0 heterocycles. The molecule has 0 fully saturated rings. The largest absolute Gasteiger partial charge is 0.289 e. The van der Waals surface area contributed by atoms with Crippen molar-refractivity contribution >= 4 is 29.1 Å². The van der Waals surface area contributed by atoms with Crippen LogP contribution in [0.15, 0.2) is 23.1 Å². The SMILES string of the molecule is O=[N+]([O-])c1cccc(Cl)c1SC(F)F. The van der Waals surface area contributed by atoms with Crippen molar-refractivity contribution in [2.45, 2.75) is 10.7 Å². The zero-order valence-electron chi connectivity index (χ0n) is 6.62. The van der Waals surface area contributed by atoms with Gasteiger partial charge in [-0.3, -0.25) is 10.1 Å². The summed E-state index contributed by atoms with van der Waals surface area (Å²) in [5.74, 6) is -2.73. The molecule has 0 aliphatic rings. The molecule has 1 rings (SSSR count). The quantitative estimate of drug-likeness (QED) is 0.460. The fourth-order valence-electron chi connectivity index (χ4n) is 0.847. The summed E-state index contributed by atoms with van der Waals surface area (Å²) in [6.07, 6.45) is 0. The molecule has 3 nitrogen and oxygen atoms in total. The van der Waals surface area contributed by atoms with Crippen molar-refractivity contribution in [3.05, 3.63) is 33.3 Å². The molecule has 0 amide bonds. The second kappa shape index (κ2) is 4.56. The zero-order chi connectivity index (χ0) is 10.7. The van der Waals surface area contributed by atoms with Gasteiger partial charge in [0.15, 0.2) is 0 Å². The number of nitro groups is 1.